The fourth-order valence-corrected chi connectivity index (χ4v) is 2.15. The van der Waals surface area contributed by atoms with Gasteiger partial charge in [0.15, 0.2) is 9.84 Å². The number of amides is 1. The van der Waals surface area contributed by atoms with Gasteiger partial charge in [-0.1, -0.05) is 12.1 Å². The van der Waals surface area contributed by atoms with Gasteiger partial charge in [0.2, 0.25) is 0 Å². The summed E-state index contributed by atoms with van der Waals surface area (Å²) in [6.07, 6.45) is 2.47. The van der Waals surface area contributed by atoms with Crippen molar-refractivity contribution in [3.63, 3.8) is 0 Å². The quantitative estimate of drug-likeness (QED) is 0.502. The predicted molar refractivity (Wildman–Crippen MR) is 76.5 cm³/mol. The molecule has 0 saturated heterocycles. The van der Waals surface area contributed by atoms with Gasteiger partial charge in [-0.3, -0.25) is 10.0 Å². The van der Waals surface area contributed by atoms with Crippen molar-refractivity contribution in [2.45, 2.75) is 4.90 Å². The first-order chi connectivity index (χ1) is 10.3. The van der Waals surface area contributed by atoms with Crippen molar-refractivity contribution in [3.05, 3.63) is 36.4 Å². The zero-order valence-electron chi connectivity index (χ0n) is 11.8. The highest BCUT2D eigenvalue weighted by Gasteiger charge is 2.09. The highest BCUT2D eigenvalue weighted by atomic mass is 32.2. The molecule has 0 atom stereocenters. The minimum Gasteiger partial charge on any atom is -0.438 e. The van der Waals surface area contributed by atoms with Crippen molar-refractivity contribution in [3.8, 4) is 23.1 Å². The molecule has 1 aromatic carbocycles. The number of benzene rings is 1. The fourth-order valence-electron chi connectivity index (χ4n) is 1.52. The summed E-state index contributed by atoms with van der Waals surface area (Å²) in [5.74, 6) is 3.74. The Bertz CT molecular complexity index is 855. The Morgan fingerprint density at radius 3 is 2.50 bits per heavy atom. The number of nitrogens with zero attached hydrogens (tertiary/aromatic N) is 2. The van der Waals surface area contributed by atoms with Crippen LogP contribution in [0.25, 0.3) is 11.3 Å². The monoisotopic (exact) mass is 320 g/mol. The summed E-state index contributed by atoms with van der Waals surface area (Å²) >= 11 is 0. The third-order valence-corrected chi connectivity index (χ3v) is 3.78. The van der Waals surface area contributed by atoms with Crippen LogP contribution >= 0.6 is 0 Å². The molecule has 0 radical (unpaired) electrons. The molecule has 0 saturated carbocycles. The molecule has 0 aliphatic rings. The van der Waals surface area contributed by atoms with Crippen LogP contribution in [0.4, 0.5) is 0 Å². The van der Waals surface area contributed by atoms with Gasteiger partial charge in [0, 0.05) is 30.7 Å². The summed E-state index contributed by atoms with van der Waals surface area (Å²) < 4.78 is 27.9. The lowest BCUT2D eigenvalue weighted by molar-refractivity contribution is -0.152. The lowest BCUT2D eigenvalue weighted by atomic mass is 10.2. The van der Waals surface area contributed by atoms with Gasteiger partial charge in [-0.05, 0) is 12.1 Å². The number of hydrogen-bond acceptors (Lipinski definition) is 6. The number of aromatic nitrogens is 1. The highest BCUT2D eigenvalue weighted by molar-refractivity contribution is 7.90. The Balaban J connectivity index is 2.23. The van der Waals surface area contributed by atoms with Crippen LogP contribution in [0, 0.1) is 11.8 Å². The fraction of sp³-hybridized carbons (Fsp3) is 0.143. The molecule has 1 heterocycles. The molecule has 0 unspecified atom stereocenters. The minimum absolute atomic E-state index is 0.0115. The zero-order valence-corrected chi connectivity index (χ0v) is 12.6. The van der Waals surface area contributed by atoms with Crippen molar-refractivity contribution in [1.29, 1.82) is 0 Å². The number of rotatable bonds is 2. The van der Waals surface area contributed by atoms with Crippen molar-refractivity contribution < 1.29 is 22.8 Å². The summed E-state index contributed by atoms with van der Waals surface area (Å²) in [5.41, 5.74) is 1.10. The van der Waals surface area contributed by atoms with Crippen molar-refractivity contribution in [2.75, 3.05) is 13.3 Å². The topological polar surface area (TPSA) is 101 Å². The molecule has 0 aliphatic heterocycles. The van der Waals surface area contributed by atoms with Gasteiger partial charge in [0.25, 0.3) is 5.89 Å². The molecule has 2 aromatic rings. The third kappa shape index (κ3) is 3.72. The second-order valence-electron chi connectivity index (χ2n) is 4.41. The highest BCUT2D eigenvalue weighted by Crippen LogP contribution is 2.20. The normalized spacial score (nSPS) is 10.7. The number of hydrogen-bond donors (Lipinski definition) is 1. The summed E-state index contributed by atoms with van der Waals surface area (Å²) in [6.45, 7) is 0. The van der Waals surface area contributed by atoms with E-state index in [1.54, 1.807) is 12.1 Å². The second kappa shape index (κ2) is 6.01. The van der Waals surface area contributed by atoms with E-state index < -0.39 is 15.7 Å². The average Bonchev–Trinajstić information content (AvgIpc) is 2.92. The van der Waals surface area contributed by atoms with E-state index in [0.29, 0.717) is 16.3 Å². The van der Waals surface area contributed by atoms with Crippen LogP contribution in [0.3, 0.4) is 0 Å². The Kier molecular flexibility index (Phi) is 4.30. The smallest absolute Gasteiger partial charge is 0.322 e. The Morgan fingerprint density at radius 2 is 1.95 bits per heavy atom. The van der Waals surface area contributed by atoms with Gasteiger partial charge in [0.1, 0.15) is 12.0 Å². The molecule has 1 aromatic heterocycles. The molecule has 2 rings (SSSR count). The van der Waals surface area contributed by atoms with Crippen LogP contribution in [-0.2, 0) is 14.6 Å². The van der Waals surface area contributed by atoms with Crippen LogP contribution in [0.1, 0.15) is 5.89 Å². The largest absolute Gasteiger partial charge is 0.438 e. The van der Waals surface area contributed by atoms with Gasteiger partial charge in [0.05, 0.1) is 4.90 Å². The van der Waals surface area contributed by atoms with Crippen molar-refractivity contribution in [2.24, 2.45) is 0 Å². The number of carbonyl (C=O) groups excluding carboxylic acids is 1. The first-order valence-electron chi connectivity index (χ1n) is 6.02. The van der Waals surface area contributed by atoms with Crippen molar-refractivity contribution >= 4 is 15.7 Å². The first kappa shape index (κ1) is 15.8. The summed E-state index contributed by atoms with van der Waals surface area (Å²) in [4.78, 5) is 15.4. The Hall–Kier alpha value is -2.63. The van der Waals surface area contributed by atoms with Crippen LogP contribution in [-0.4, -0.2) is 42.9 Å². The molecular weight excluding hydrogens is 308 g/mol. The SMILES string of the molecule is CN(O)C(=O)C#Cc1nc(-c2ccc(S(C)(=O)=O)cc2)co1. The number of carbonyl (C=O) groups is 1. The molecule has 0 fully saturated rings. The maximum atomic E-state index is 11.4. The molecule has 7 nitrogen and oxygen atoms in total. The van der Waals surface area contributed by atoms with E-state index in [4.69, 9.17) is 9.62 Å². The van der Waals surface area contributed by atoms with Crippen LogP contribution in [0.2, 0.25) is 0 Å². The van der Waals surface area contributed by atoms with E-state index in [1.807, 2.05) is 0 Å². The first-order valence-corrected chi connectivity index (χ1v) is 7.91. The minimum atomic E-state index is -3.25. The van der Waals surface area contributed by atoms with E-state index in [9.17, 15) is 13.2 Å². The molecule has 8 heteroatoms. The molecular formula is C14H12N2O5S. The van der Waals surface area contributed by atoms with Crippen LogP contribution < -0.4 is 0 Å². The number of oxazole rings is 1. The molecule has 114 valence electrons. The molecule has 1 N–H and O–H groups in total. The number of sulfone groups is 1. The molecule has 22 heavy (non-hydrogen) atoms. The van der Waals surface area contributed by atoms with E-state index >= 15 is 0 Å². The van der Waals surface area contributed by atoms with Gasteiger partial charge >= 0.3 is 5.91 Å². The molecule has 0 bridgehead atoms. The lowest BCUT2D eigenvalue weighted by Crippen LogP contribution is -2.20. The van der Waals surface area contributed by atoms with Gasteiger partial charge in [-0.25, -0.2) is 18.5 Å². The van der Waals surface area contributed by atoms with E-state index in [0.717, 1.165) is 13.3 Å². The van der Waals surface area contributed by atoms with Gasteiger partial charge in [-0.2, -0.15) is 0 Å². The Morgan fingerprint density at radius 1 is 1.32 bits per heavy atom. The maximum Gasteiger partial charge on any atom is 0.322 e. The van der Waals surface area contributed by atoms with Gasteiger partial charge in [-0.15, -0.1) is 0 Å². The zero-order chi connectivity index (χ0) is 16.3. The standard InChI is InChI=1S/C14H12N2O5S/c1-16(18)14(17)8-7-13-15-12(9-21-13)10-3-5-11(6-4-10)22(2,19)20/h3-6,9,18H,1-2H3. The third-order valence-electron chi connectivity index (χ3n) is 2.65. The summed E-state index contributed by atoms with van der Waals surface area (Å²) in [5, 5.41) is 9.20. The molecule has 1 amide bonds. The Labute approximate surface area is 127 Å². The molecule has 0 aliphatic carbocycles. The maximum absolute atomic E-state index is 11.4. The second-order valence-corrected chi connectivity index (χ2v) is 6.43. The summed E-state index contributed by atoms with van der Waals surface area (Å²) in [6, 6.07) is 6.13. The van der Waals surface area contributed by atoms with E-state index in [2.05, 4.69) is 16.8 Å². The van der Waals surface area contributed by atoms with E-state index in [-0.39, 0.29) is 10.8 Å². The lowest BCUT2D eigenvalue weighted by Gasteiger charge is -1.99. The average molecular weight is 320 g/mol. The van der Waals surface area contributed by atoms with Crippen molar-refractivity contribution in [1.82, 2.24) is 10.0 Å². The molecule has 0 spiro atoms. The van der Waals surface area contributed by atoms with E-state index in [1.165, 1.54) is 18.4 Å². The number of hydroxylamine groups is 2. The van der Waals surface area contributed by atoms with Crippen LogP contribution in [0.15, 0.2) is 39.8 Å². The van der Waals surface area contributed by atoms with Crippen LogP contribution in [0.5, 0.6) is 0 Å². The predicted octanol–water partition coefficient (Wildman–Crippen LogP) is 0.944. The van der Waals surface area contributed by atoms with Gasteiger partial charge < -0.3 is 4.42 Å². The summed E-state index contributed by atoms with van der Waals surface area (Å²) in [7, 11) is -2.10.